The van der Waals surface area contributed by atoms with Crippen LogP contribution in [0.15, 0.2) is 73.5 Å². The summed E-state index contributed by atoms with van der Waals surface area (Å²) in [7, 11) is 3.65. The molecule has 0 radical (unpaired) electrons. The number of ketones is 1. The molecule has 69 heavy (non-hydrogen) atoms. The number of likely N-dealkylation sites (N-methyl/N-ethyl adjacent to an activating group) is 1. The van der Waals surface area contributed by atoms with Gasteiger partial charge in [0.2, 0.25) is 0 Å². The molecule has 14 atom stereocenters. The summed E-state index contributed by atoms with van der Waals surface area (Å²) in [5.74, 6) is -5.92. The summed E-state index contributed by atoms with van der Waals surface area (Å²) in [5, 5.41) is 14.6. The van der Waals surface area contributed by atoms with Gasteiger partial charge in [-0.3, -0.25) is 29.3 Å². The number of carbonyl (C=O) groups is 5. The number of aliphatic hydroxyl groups excluding tert-OH is 1. The van der Waals surface area contributed by atoms with Crippen LogP contribution in [-0.4, -0.2) is 136 Å². The number of esters is 2. The van der Waals surface area contributed by atoms with Crippen molar-refractivity contribution in [3.63, 3.8) is 0 Å². The molecule has 2 N–H and O–H groups in total. The van der Waals surface area contributed by atoms with E-state index in [1.165, 1.54) is 6.20 Å². The molecule has 3 aromatic rings. The lowest BCUT2D eigenvalue weighted by atomic mass is 9.73. The van der Waals surface area contributed by atoms with Crippen LogP contribution in [0.5, 0.6) is 0 Å². The predicted octanol–water partition coefficient (Wildman–Crippen LogP) is 6.14. The Morgan fingerprint density at radius 1 is 0.971 bits per heavy atom. The molecule has 18 heteroatoms. The van der Waals surface area contributed by atoms with Crippen molar-refractivity contribution in [2.24, 2.45) is 23.7 Å². The van der Waals surface area contributed by atoms with Crippen molar-refractivity contribution in [3.05, 3.63) is 84.6 Å². The van der Waals surface area contributed by atoms with Crippen molar-refractivity contribution in [1.29, 1.82) is 0 Å². The quantitative estimate of drug-likeness (QED) is 0.154. The Bertz CT molecular complexity index is 2270. The first kappa shape index (κ1) is 52.5. The minimum Gasteiger partial charge on any atom is -0.461 e. The molecule has 0 unspecified atom stereocenters. The second-order valence-corrected chi connectivity index (χ2v) is 19.2. The molecule has 18 nitrogen and oxygen atoms in total. The van der Waals surface area contributed by atoms with Gasteiger partial charge in [-0.15, -0.1) is 0 Å². The van der Waals surface area contributed by atoms with E-state index in [0.29, 0.717) is 12.0 Å². The molecule has 374 valence electrons. The van der Waals surface area contributed by atoms with Crippen molar-refractivity contribution < 1.29 is 62.2 Å². The number of alkyl carbamates (subject to hydrolysis) is 1. The van der Waals surface area contributed by atoms with E-state index < -0.39 is 108 Å². The van der Waals surface area contributed by atoms with Crippen molar-refractivity contribution in [2.75, 3.05) is 20.7 Å². The third kappa shape index (κ3) is 12.5. The van der Waals surface area contributed by atoms with E-state index in [1.807, 2.05) is 50.2 Å². The van der Waals surface area contributed by atoms with Crippen LogP contribution in [-0.2, 0) is 54.0 Å². The summed E-state index contributed by atoms with van der Waals surface area (Å²) in [6.45, 7) is 13.1. The maximum atomic E-state index is 14.7. The third-order valence-corrected chi connectivity index (χ3v) is 13.7. The highest BCUT2D eigenvalue weighted by molar-refractivity contribution is 5.85. The summed E-state index contributed by atoms with van der Waals surface area (Å²) in [5.41, 5.74) is -0.370. The Labute approximate surface area is 403 Å². The molecule has 0 bridgehead atoms. The second kappa shape index (κ2) is 22.7. The first-order chi connectivity index (χ1) is 32.7. The van der Waals surface area contributed by atoms with Gasteiger partial charge in [0, 0.05) is 54.1 Å². The van der Waals surface area contributed by atoms with Crippen LogP contribution in [0, 0.1) is 23.7 Å². The molecule has 3 aliphatic heterocycles. The number of ether oxygens (including phenoxy) is 7. The fourth-order valence-electron chi connectivity index (χ4n) is 10.0. The average Bonchev–Trinajstić information content (AvgIpc) is 3.64. The number of hydrogen-bond donors (Lipinski definition) is 2. The van der Waals surface area contributed by atoms with Crippen LogP contribution in [0.2, 0.25) is 0 Å². The lowest BCUT2D eigenvalue weighted by molar-refractivity contribution is -0.300. The molecule has 0 saturated carbocycles. The third-order valence-electron chi connectivity index (χ3n) is 13.7. The Balaban J connectivity index is 1.40. The Morgan fingerprint density at radius 2 is 1.70 bits per heavy atom. The number of fused-ring (bicyclic) bond motifs is 1. The predicted molar refractivity (Wildman–Crippen MR) is 251 cm³/mol. The molecular formula is C51H67N5O13. The highest BCUT2D eigenvalue weighted by atomic mass is 16.8. The molecule has 3 aliphatic rings. The first-order valence-electron chi connectivity index (χ1n) is 23.6. The number of aromatic nitrogens is 3. The van der Waals surface area contributed by atoms with E-state index >= 15 is 0 Å². The number of nitrogens with one attached hydrogen (secondary N) is 1. The number of amides is 1. The van der Waals surface area contributed by atoms with Gasteiger partial charge >= 0.3 is 24.2 Å². The van der Waals surface area contributed by atoms with E-state index in [1.54, 1.807) is 97.5 Å². The monoisotopic (exact) mass is 957 g/mol. The molecule has 6 rings (SSSR count). The molecule has 1 aromatic carbocycles. The lowest BCUT2D eigenvalue weighted by Gasteiger charge is -2.48. The Kier molecular flexibility index (Phi) is 17.3. The van der Waals surface area contributed by atoms with Gasteiger partial charge in [0.25, 0.3) is 0 Å². The first-order valence-corrected chi connectivity index (χ1v) is 23.6. The van der Waals surface area contributed by atoms with Crippen molar-refractivity contribution in [2.45, 2.75) is 141 Å². The molecule has 3 fully saturated rings. The summed E-state index contributed by atoms with van der Waals surface area (Å²) in [6, 6.07) is 9.57. The molecule has 0 spiro atoms. The highest BCUT2D eigenvalue weighted by Gasteiger charge is 2.58. The molecule has 5 heterocycles. The molecule has 1 amide bonds. The summed E-state index contributed by atoms with van der Waals surface area (Å²) >= 11 is 0. The zero-order chi connectivity index (χ0) is 50.2. The number of nitrogens with zero attached hydrogens (tertiary/aromatic N) is 4. The SMILES string of the molecule is CC[C@H]1OC(=O)[C@H](C)[C@@H](OC(=O)Cc2cccnc2)[C@H](C)[C@@H](O[C@@H]2O[C@H](C)C[C@H](N(C)C)[C@H]2O)[C@](C)(OC(=O)OCC=Cc2ccc(-c3cnccn3)cc2)C[C@@H](C)C(=O)[C@H](C)[C@H]2NC(=O)O[C@@]21C. The number of pyridine rings is 1. The number of aliphatic hydroxyl groups is 1. The van der Waals surface area contributed by atoms with Gasteiger partial charge in [-0.2, -0.15) is 0 Å². The van der Waals surface area contributed by atoms with Crippen LogP contribution < -0.4 is 5.32 Å². The normalized spacial score (nSPS) is 33.4. The van der Waals surface area contributed by atoms with Crippen LogP contribution in [0.25, 0.3) is 17.3 Å². The maximum absolute atomic E-state index is 14.7. The fraction of sp³-hybridized carbons (Fsp3) is 0.569. The van der Waals surface area contributed by atoms with Crippen molar-refractivity contribution in [1.82, 2.24) is 25.2 Å². The zero-order valence-electron chi connectivity index (χ0n) is 41.1. The van der Waals surface area contributed by atoms with Crippen molar-refractivity contribution in [3.8, 4) is 11.3 Å². The van der Waals surface area contributed by atoms with Gasteiger partial charge in [0.15, 0.2) is 11.9 Å². The Morgan fingerprint density at radius 3 is 2.35 bits per heavy atom. The smallest absolute Gasteiger partial charge is 0.461 e. The zero-order valence-corrected chi connectivity index (χ0v) is 41.1. The van der Waals surface area contributed by atoms with E-state index in [2.05, 4.69) is 20.3 Å². The second-order valence-electron chi connectivity index (χ2n) is 19.2. The Hall–Kier alpha value is -5.82. The van der Waals surface area contributed by atoms with Gasteiger partial charge in [-0.1, -0.05) is 64.1 Å². The van der Waals surface area contributed by atoms with Gasteiger partial charge in [0.05, 0.1) is 36.4 Å². The number of rotatable bonds is 12. The van der Waals surface area contributed by atoms with Gasteiger partial charge in [-0.05, 0) is 84.3 Å². The fourth-order valence-corrected chi connectivity index (χ4v) is 10.0. The largest absolute Gasteiger partial charge is 0.509 e. The van der Waals surface area contributed by atoms with E-state index in [-0.39, 0.29) is 31.7 Å². The van der Waals surface area contributed by atoms with E-state index in [9.17, 15) is 29.1 Å². The standard InChI is InChI=1S/C51H67N5O13/c1-11-39-51(8)44(55-48(61)68-51)31(4)41(58)29(2)26-50(7,69-49(62)63-23-13-15-34-16-18-36(19-17-34)37-28-53-21-22-54-37)45(67-47-42(59)38(56(9)10)24-30(3)64-47)32(5)43(33(6)46(60)65-39)66-40(57)25-35-14-12-20-52-27-35/h12-22,27-33,38-39,42-45,47,59H,11,23-26H2,1-10H3,(H,55,61)/t29-,30-,31+,32+,33-,38+,39-,42-,43+,44-,45-,47+,50-,51-/m1/s1. The maximum Gasteiger partial charge on any atom is 0.509 e. The minimum atomic E-state index is -1.84. The molecule has 0 aliphatic carbocycles. The van der Waals surface area contributed by atoms with Crippen LogP contribution in [0.4, 0.5) is 9.59 Å². The lowest BCUT2D eigenvalue weighted by Crippen LogP contribution is -2.61. The van der Waals surface area contributed by atoms with Crippen LogP contribution >= 0.6 is 0 Å². The number of benzene rings is 1. The number of Topliss-reactive ketones (excluding diaryl/α,β-unsaturated/α-hetero) is 1. The summed E-state index contributed by atoms with van der Waals surface area (Å²) in [6.07, 6.45) is 3.01. The van der Waals surface area contributed by atoms with Gasteiger partial charge in [0.1, 0.15) is 42.4 Å². The number of carbonyl (C=O) groups excluding carboxylic acids is 5. The summed E-state index contributed by atoms with van der Waals surface area (Å²) < 4.78 is 43.5. The van der Waals surface area contributed by atoms with Crippen LogP contribution in [0.1, 0.15) is 85.8 Å². The number of hydrogen-bond acceptors (Lipinski definition) is 17. The molecule has 3 saturated heterocycles. The van der Waals surface area contributed by atoms with E-state index in [0.717, 1.165) is 16.8 Å². The number of cyclic esters (lactones) is 1. The molecule has 2 aromatic heterocycles. The van der Waals surface area contributed by atoms with Crippen molar-refractivity contribution >= 4 is 36.0 Å². The highest BCUT2D eigenvalue weighted by Crippen LogP contribution is 2.42. The van der Waals surface area contributed by atoms with Gasteiger partial charge in [-0.25, -0.2) is 9.59 Å². The van der Waals surface area contributed by atoms with E-state index in [4.69, 9.17) is 33.2 Å². The summed E-state index contributed by atoms with van der Waals surface area (Å²) in [4.78, 5) is 84.8. The molecular weight excluding hydrogens is 891 g/mol. The van der Waals surface area contributed by atoms with Crippen LogP contribution in [0.3, 0.4) is 0 Å². The average molecular weight is 958 g/mol. The topological polar surface area (TPSA) is 224 Å². The van der Waals surface area contributed by atoms with Gasteiger partial charge < -0.3 is 48.5 Å². The minimum absolute atomic E-state index is 0.200.